The van der Waals surface area contributed by atoms with Crippen molar-refractivity contribution in [2.45, 2.75) is 0 Å². The zero-order valence-corrected chi connectivity index (χ0v) is 39.2. The molecule has 4 nitrogen and oxygen atoms in total. The van der Waals surface area contributed by atoms with Crippen LogP contribution in [0.2, 0.25) is 0 Å². The Bertz CT molecular complexity index is 4330. The summed E-state index contributed by atoms with van der Waals surface area (Å²) in [6.45, 7) is 0. The van der Waals surface area contributed by atoms with Gasteiger partial charge in [-0.05, 0) is 153 Å². The summed E-state index contributed by atoms with van der Waals surface area (Å²) in [4.78, 5) is 4.82. The Hall–Kier alpha value is -9.64. The molecule has 0 saturated heterocycles. The lowest BCUT2D eigenvalue weighted by atomic mass is 9.92. The maximum Gasteiger partial charge on any atom is 0.135 e. The van der Waals surface area contributed by atoms with Crippen molar-refractivity contribution in [3.05, 3.63) is 273 Å². The number of para-hydroxylation sites is 5. The van der Waals surface area contributed by atoms with Crippen LogP contribution in [0.25, 0.3) is 93.2 Å². The molecule has 0 fully saturated rings. The van der Waals surface area contributed by atoms with Crippen molar-refractivity contribution < 1.29 is 4.42 Å². The Kier molecular flexibility index (Phi) is 9.82. The first-order valence-electron chi connectivity index (χ1n) is 24.6. The van der Waals surface area contributed by atoms with Gasteiger partial charge in [0.25, 0.3) is 0 Å². The largest absolute Gasteiger partial charge is 0.456 e. The molecule has 2 heterocycles. The molecular formula is C68H45N3O. The van der Waals surface area contributed by atoms with Crippen LogP contribution < -0.4 is 9.80 Å². The van der Waals surface area contributed by atoms with Crippen molar-refractivity contribution in [3.63, 3.8) is 0 Å². The molecule has 0 atom stereocenters. The number of anilines is 6. The van der Waals surface area contributed by atoms with E-state index in [1.165, 1.54) is 43.4 Å². The van der Waals surface area contributed by atoms with Crippen LogP contribution in [-0.4, -0.2) is 4.57 Å². The number of nitrogens with zero attached hydrogens (tertiary/aromatic N) is 3. The number of aromatic nitrogens is 1. The van der Waals surface area contributed by atoms with E-state index in [0.717, 1.165) is 84.0 Å². The number of hydrogen-bond donors (Lipinski definition) is 0. The van der Waals surface area contributed by atoms with Crippen LogP contribution >= 0.6 is 0 Å². The van der Waals surface area contributed by atoms with E-state index >= 15 is 0 Å². The van der Waals surface area contributed by atoms with Crippen molar-refractivity contribution in [1.29, 1.82) is 0 Å². The smallest absolute Gasteiger partial charge is 0.135 e. The summed E-state index contributed by atoms with van der Waals surface area (Å²) in [7, 11) is 0. The van der Waals surface area contributed by atoms with Crippen LogP contribution in [0.15, 0.2) is 277 Å². The molecule has 14 aromatic rings. The number of rotatable bonds is 9. The fourth-order valence-electron chi connectivity index (χ4n) is 11.0. The summed E-state index contributed by atoms with van der Waals surface area (Å²) in [6.07, 6.45) is 0. The molecule has 72 heavy (non-hydrogen) atoms. The highest BCUT2D eigenvalue weighted by molar-refractivity contribution is 6.15. The van der Waals surface area contributed by atoms with Crippen molar-refractivity contribution in [2.24, 2.45) is 0 Å². The predicted octanol–water partition coefficient (Wildman–Crippen LogP) is 19.3. The highest BCUT2D eigenvalue weighted by Crippen LogP contribution is 2.47. The van der Waals surface area contributed by atoms with Crippen LogP contribution in [0.1, 0.15) is 0 Å². The van der Waals surface area contributed by atoms with E-state index in [0.29, 0.717) is 0 Å². The van der Waals surface area contributed by atoms with Gasteiger partial charge in [-0.1, -0.05) is 164 Å². The standard InChI is InChI=1S/C68H45N3O/c1-4-19-50(20-5-1)69(53-35-32-46(33-36-53)47-34-39-68-64(42-47)62-29-15-17-31-67(62)72-68)55-40-49(63-43-48-18-10-11-25-57(48)58-26-12-13-27-59(58)63)41-56(44-55)70(51-21-6-2-7-22-51)54-37-38-61-60-28-14-16-30-65(60)71(66(61)45-54)52-23-8-3-9-24-52/h1-45H. The molecule has 0 unspecified atom stereocenters. The van der Waals surface area contributed by atoms with Gasteiger partial charge in [0.15, 0.2) is 0 Å². The van der Waals surface area contributed by atoms with E-state index in [2.05, 4.69) is 275 Å². The van der Waals surface area contributed by atoms with Gasteiger partial charge in [-0.2, -0.15) is 0 Å². The van der Waals surface area contributed by atoms with Crippen LogP contribution in [0, 0.1) is 0 Å². The predicted molar refractivity (Wildman–Crippen MR) is 303 cm³/mol. The molecule has 0 amide bonds. The minimum absolute atomic E-state index is 0.893. The molecular weight excluding hydrogens is 875 g/mol. The van der Waals surface area contributed by atoms with E-state index in [-0.39, 0.29) is 0 Å². The number of fused-ring (bicyclic) bond motifs is 9. The third-order valence-electron chi connectivity index (χ3n) is 14.3. The van der Waals surface area contributed by atoms with Crippen LogP contribution in [0.4, 0.5) is 34.1 Å². The molecule has 0 aliphatic carbocycles. The highest BCUT2D eigenvalue weighted by atomic mass is 16.3. The number of hydrogen-bond acceptors (Lipinski definition) is 3. The van der Waals surface area contributed by atoms with E-state index in [1.807, 2.05) is 12.1 Å². The zero-order valence-electron chi connectivity index (χ0n) is 39.2. The lowest BCUT2D eigenvalue weighted by Gasteiger charge is -2.30. The first-order valence-corrected chi connectivity index (χ1v) is 24.6. The lowest BCUT2D eigenvalue weighted by molar-refractivity contribution is 0.669. The van der Waals surface area contributed by atoms with Crippen molar-refractivity contribution in [2.75, 3.05) is 9.80 Å². The topological polar surface area (TPSA) is 24.6 Å². The summed E-state index contributed by atoms with van der Waals surface area (Å²) >= 11 is 0. The van der Waals surface area contributed by atoms with E-state index in [4.69, 9.17) is 4.42 Å². The third-order valence-corrected chi connectivity index (χ3v) is 14.3. The fraction of sp³-hybridized carbons (Fsp3) is 0. The Labute approximate surface area is 417 Å². The average Bonchev–Trinajstić information content (AvgIpc) is 3.99. The summed E-state index contributed by atoms with van der Waals surface area (Å²) in [5.74, 6) is 0. The first-order chi connectivity index (χ1) is 35.7. The molecule has 14 rings (SSSR count). The van der Waals surface area contributed by atoms with Crippen molar-refractivity contribution in [1.82, 2.24) is 4.57 Å². The molecule has 4 heteroatoms. The van der Waals surface area contributed by atoms with Crippen molar-refractivity contribution in [3.8, 4) is 27.9 Å². The zero-order chi connectivity index (χ0) is 47.5. The minimum atomic E-state index is 0.893. The lowest BCUT2D eigenvalue weighted by Crippen LogP contribution is -2.13. The second kappa shape index (κ2) is 17.1. The van der Waals surface area contributed by atoms with Gasteiger partial charge in [-0.3, -0.25) is 0 Å². The molecule has 0 radical (unpaired) electrons. The Morgan fingerprint density at radius 1 is 0.264 bits per heavy atom. The molecule has 0 aliphatic heterocycles. The van der Waals surface area contributed by atoms with Gasteiger partial charge in [-0.15, -0.1) is 0 Å². The van der Waals surface area contributed by atoms with Gasteiger partial charge >= 0.3 is 0 Å². The molecule has 2 aromatic heterocycles. The summed E-state index contributed by atoms with van der Waals surface area (Å²) in [6, 6.07) is 98.8. The Morgan fingerprint density at radius 3 is 1.53 bits per heavy atom. The summed E-state index contributed by atoms with van der Waals surface area (Å²) in [5.41, 5.74) is 16.1. The van der Waals surface area contributed by atoms with Gasteiger partial charge in [0.1, 0.15) is 11.2 Å². The molecule has 0 spiro atoms. The monoisotopic (exact) mass is 919 g/mol. The van der Waals surface area contributed by atoms with E-state index < -0.39 is 0 Å². The number of benzene rings is 12. The van der Waals surface area contributed by atoms with E-state index in [9.17, 15) is 0 Å². The first kappa shape index (κ1) is 41.3. The van der Waals surface area contributed by atoms with Gasteiger partial charge in [0, 0.05) is 61.4 Å². The molecule has 12 aromatic carbocycles. The summed E-state index contributed by atoms with van der Waals surface area (Å²) in [5, 5.41) is 9.56. The normalized spacial score (nSPS) is 11.6. The van der Waals surface area contributed by atoms with Crippen LogP contribution in [0.3, 0.4) is 0 Å². The van der Waals surface area contributed by atoms with Crippen molar-refractivity contribution >= 4 is 99.4 Å². The van der Waals surface area contributed by atoms with Gasteiger partial charge in [0.05, 0.1) is 11.0 Å². The number of furan rings is 1. The average molecular weight is 920 g/mol. The maximum atomic E-state index is 6.20. The Morgan fingerprint density at radius 2 is 0.792 bits per heavy atom. The molecule has 0 bridgehead atoms. The van der Waals surface area contributed by atoms with Crippen LogP contribution in [-0.2, 0) is 0 Å². The fourth-order valence-corrected chi connectivity index (χ4v) is 11.0. The molecule has 0 aliphatic rings. The Balaban J connectivity index is 1.00. The maximum absolute atomic E-state index is 6.20. The second-order valence-corrected chi connectivity index (χ2v) is 18.5. The molecule has 338 valence electrons. The molecule has 0 saturated carbocycles. The van der Waals surface area contributed by atoms with Crippen LogP contribution in [0.5, 0.6) is 0 Å². The van der Waals surface area contributed by atoms with Gasteiger partial charge in [-0.25, -0.2) is 0 Å². The summed E-state index contributed by atoms with van der Waals surface area (Å²) < 4.78 is 8.60. The molecule has 0 N–H and O–H groups in total. The third kappa shape index (κ3) is 7.00. The highest BCUT2D eigenvalue weighted by Gasteiger charge is 2.23. The second-order valence-electron chi connectivity index (χ2n) is 18.5. The SMILES string of the molecule is c1ccc(N(c2ccc(-c3ccc4oc5ccccc5c4c3)cc2)c2cc(-c3cc4ccccc4c4ccccc34)cc(N(c3ccccc3)c3ccc4c5ccccc5n(-c5ccccc5)c4c3)c2)cc1. The minimum Gasteiger partial charge on any atom is -0.456 e. The quantitative estimate of drug-likeness (QED) is 0.135. The van der Waals surface area contributed by atoms with Gasteiger partial charge in [0.2, 0.25) is 0 Å². The van der Waals surface area contributed by atoms with Gasteiger partial charge < -0.3 is 18.8 Å². The van der Waals surface area contributed by atoms with E-state index in [1.54, 1.807) is 0 Å².